The van der Waals surface area contributed by atoms with Gasteiger partial charge in [0.15, 0.2) is 0 Å². The van der Waals surface area contributed by atoms with Crippen LogP contribution in [0.3, 0.4) is 0 Å². The third kappa shape index (κ3) is 4.39. The molecular formula is C16H20N2O2S. The molecule has 0 saturated heterocycles. The molecule has 2 aromatic rings. The van der Waals surface area contributed by atoms with Gasteiger partial charge in [-0.15, -0.1) is 0 Å². The molecule has 0 saturated carbocycles. The van der Waals surface area contributed by atoms with E-state index in [-0.39, 0.29) is 0 Å². The van der Waals surface area contributed by atoms with E-state index in [0.29, 0.717) is 18.0 Å². The molecule has 0 heterocycles. The summed E-state index contributed by atoms with van der Waals surface area (Å²) >= 11 is 0. The number of hydrogen-bond acceptors (Lipinski definition) is 3. The number of likely N-dealkylation sites (N-methyl/N-ethyl adjacent to an activating group) is 1. The normalized spacial score (nSPS) is 11.5. The van der Waals surface area contributed by atoms with Gasteiger partial charge in [0.05, 0.1) is 4.90 Å². The Labute approximate surface area is 126 Å². The van der Waals surface area contributed by atoms with Crippen molar-refractivity contribution in [2.24, 2.45) is 0 Å². The standard InChI is InChI=1S/C16H20N2O2S/c1-2-17-11-12-18-21(19,20)16-10-6-9-15(13-16)14-7-4-3-5-8-14/h3-10,13,17-18H,2,11-12H2,1H3. The molecule has 2 N–H and O–H groups in total. The summed E-state index contributed by atoms with van der Waals surface area (Å²) in [5, 5.41) is 3.08. The number of nitrogens with one attached hydrogen (secondary N) is 2. The fourth-order valence-corrected chi connectivity index (χ4v) is 3.08. The number of sulfonamides is 1. The summed E-state index contributed by atoms with van der Waals surface area (Å²) in [6.45, 7) is 3.81. The van der Waals surface area contributed by atoms with Gasteiger partial charge in [0.1, 0.15) is 0 Å². The SMILES string of the molecule is CCNCCNS(=O)(=O)c1cccc(-c2ccccc2)c1. The second kappa shape index (κ2) is 7.36. The van der Waals surface area contributed by atoms with Crippen molar-refractivity contribution in [3.63, 3.8) is 0 Å². The van der Waals surface area contributed by atoms with Crippen LogP contribution >= 0.6 is 0 Å². The molecule has 4 nitrogen and oxygen atoms in total. The summed E-state index contributed by atoms with van der Waals surface area (Å²) in [5.74, 6) is 0. The lowest BCUT2D eigenvalue weighted by Crippen LogP contribution is -2.31. The first-order valence-corrected chi connectivity index (χ1v) is 8.47. The Morgan fingerprint density at radius 3 is 2.33 bits per heavy atom. The van der Waals surface area contributed by atoms with E-state index in [1.807, 2.05) is 43.3 Å². The minimum absolute atomic E-state index is 0.292. The van der Waals surface area contributed by atoms with Crippen LogP contribution in [0.25, 0.3) is 11.1 Å². The Hall–Kier alpha value is -1.69. The van der Waals surface area contributed by atoms with Crippen LogP contribution in [0.4, 0.5) is 0 Å². The van der Waals surface area contributed by atoms with Crippen molar-refractivity contribution < 1.29 is 8.42 Å². The molecule has 0 aliphatic rings. The average Bonchev–Trinajstić information content (AvgIpc) is 2.53. The maximum atomic E-state index is 12.2. The molecule has 0 unspecified atom stereocenters. The highest BCUT2D eigenvalue weighted by Crippen LogP contribution is 2.21. The van der Waals surface area contributed by atoms with E-state index in [2.05, 4.69) is 10.0 Å². The van der Waals surface area contributed by atoms with Crippen LogP contribution in [0.1, 0.15) is 6.92 Å². The Balaban J connectivity index is 2.17. The molecule has 0 radical (unpaired) electrons. The summed E-state index contributed by atoms with van der Waals surface area (Å²) in [7, 11) is -3.46. The van der Waals surface area contributed by atoms with Crippen molar-refractivity contribution >= 4 is 10.0 Å². The van der Waals surface area contributed by atoms with E-state index >= 15 is 0 Å². The average molecular weight is 304 g/mol. The molecule has 0 aromatic heterocycles. The molecule has 0 aliphatic heterocycles. The summed E-state index contributed by atoms with van der Waals surface area (Å²) in [6, 6.07) is 16.7. The van der Waals surface area contributed by atoms with Crippen molar-refractivity contribution in [2.75, 3.05) is 19.6 Å². The highest BCUT2D eigenvalue weighted by Gasteiger charge is 2.13. The molecule has 0 bridgehead atoms. The molecule has 2 aromatic carbocycles. The molecule has 112 valence electrons. The van der Waals surface area contributed by atoms with E-state index in [1.165, 1.54) is 0 Å². The predicted molar refractivity (Wildman–Crippen MR) is 85.6 cm³/mol. The second-order valence-electron chi connectivity index (χ2n) is 4.65. The van der Waals surface area contributed by atoms with Crippen molar-refractivity contribution in [1.82, 2.24) is 10.0 Å². The first kappa shape index (κ1) is 15.7. The fraction of sp³-hybridized carbons (Fsp3) is 0.250. The van der Waals surface area contributed by atoms with Gasteiger partial charge >= 0.3 is 0 Å². The van der Waals surface area contributed by atoms with E-state index < -0.39 is 10.0 Å². The van der Waals surface area contributed by atoms with Gasteiger partial charge in [-0.3, -0.25) is 0 Å². The largest absolute Gasteiger partial charge is 0.316 e. The topological polar surface area (TPSA) is 58.2 Å². The van der Waals surface area contributed by atoms with Crippen LogP contribution in [0.15, 0.2) is 59.5 Å². The Morgan fingerprint density at radius 2 is 1.62 bits per heavy atom. The molecule has 0 aliphatic carbocycles. The quantitative estimate of drug-likeness (QED) is 0.771. The van der Waals surface area contributed by atoms with E-state index in [1.54, 1.807) is 18.2 Å². The third-order valence-electron chi connectivity index (χ3n) is 3.10. The highest BCUT2D eigenvalue weighted by atomic mass is 32.2. The second-order valence-corrected chi connectivity index (χ2v) is 6.41. The van der Waals surface area contributed by atoms with Crippen LogP contribution in [-0.4, -0.2) is 28.1 Å². The van der Waals surface area contributed by atoms with Crippen molar-refractivity contribution in [1.29, 1.82) is 0 Å². The van der Waals surface area contributed by atoms with Gasteiger partial charge in [0.2, 0.25) is 10.0 Å². The van der Waals surface area contributed by atoms with E-state index in [9.17, 15) is 8.42 Å². The van der Waals surface area contributed by atoms with Gasteiger partial charge in [0, 0.05) is 13.1 Å². The predicted octanol–water partition coefficient (Wildman–Crippen LogP) is 2.24. The Morgan fingerprint density at radius 1 is 0.905 bits per heavy atom. The third-order valence-corrected chi connectivity index (χ3v) is 4.55. The molecule has 0 atom stereocenters. The van der Waals surface area contributed by atoms with Crippen LogP contribution in [0.5, 0.6) is 0 Å². The lowest BCUT2D eigenvalue weighted by atomic mass is 10.1. The maximum absolute atomic E-state index is 12.2. The van der Waals surface area contributed by atoms with Crippen LogP contribution < -0.4 is 10.0 Å². The monoisotopic (exact) mass is 304 g/mol. The first-order chi connectivity index (χ1) is 10.1. The highest BCUT2D eigenvalue weighted by molar-refractivity contribution is 7.89. The molecule has 2 rings (SSSR count). The zero-order valence-electron chi connectivity index (χ0n) is 12.0. The Bertz CT molecular complexity index is 670. The van der Waals surface area contributed by atoms with Gasteiger partial charge in [-0.05, 0) is 29.8 Å². The fourth-order valence-electron chi connectivity index (χ4n) is 2.01. The molecule has 21 heavy (non-hydrogen) atoms. The lowest BCUT2D eigenvalue weighted by Gasteiger charge is -2.09. The van der Waals surface area contributed by atoms with Gasteiger partial charge in [-0.25, -0.2) is 13.1 Å². The van der Waals surface area contributed by atoms with Crippen LogP contribution in [0.2, 0.25) is 0 Å². The van der Waals surface area contributed by atoms with E-state index in [4.69, 9.17) is 0 Å². The summed E-state index contributed by atoms with van der Waals surface area (Å²) in [5.41, 5.74) is 1.90. The van der Waals surface area contributed by atoms with Crippen molar-refractivity contribution in [3.05, 3.63) is 54.6 Å². The molecule has 0 spiro atoms. The van der Waals surface area contributed by atoms with Crippen LogP contribution in [0, 0.1) is 0 Å². The molecule has 0 amide bonds. The number of rotatable bonds is 7. The van der Waals surface area contributed by atoms with Crippen molar-refractivity contribution in [2.45, 2.75) is 11.8 Å². The minimum atomic E-state index is -3.46. The zero-order chi connectivity index (χ0) is 15.1. The summed E-state index contributed by atoms with van der Waals surface area (Å²) < 4.78 is 27.1. The molecular weight excluding hydrogens is 284 g/mol. The first-order valence-electron chi connectivity index (χ1n) is 6.99. The van der Waals surface area contributed by atoms with Gasteiger partial charge in [-0.1, -0.05) is 49.4 Å². The van der Waals surface area contributed by atoms with Gasteiger partial charge in [-0.2, -0.15) is 0 Å². The molecule has 5 heteroatoms. The number of benzene rings is 2. The summed E-state index contributed by atoms with van der Waals surface area (Å²) in [4.78, 5) is 0.292. The Kier molecular flexibility index (Phi) is 5.50. The lowest BCUT2D eigenvalue weighted by molar-refractivity contribution is 0.577. The van der Waals surface area contributed by atoms with Gasteiger partial charge < -0.3 is 5.32 Å². The van der Waals surface area contributed by atoms with Crippen molar-refractivity contribution in [3.8, 4) is 11.1 Å². The summed E-state index contributed by atoms with van der Waals surface area (Å²) in [6.07, 6.45) is 0. The van der Waals surface area contributed by atoms with E-state index in [0.717, 1.165) is 17.7 Å². The molecule has 0 fully saturated rings. The van der Waals surface area contributed by atoms with Gasteiger partial charge in [0.25, 0.3) is 0 Å². The number of hydrogen-bond donors (Lipinski definition) is 2. The zero-order valence-corrected chi connectivity index (χ0v) is 12.9. The minimum Gasteiger partial charge on any atom is -0.316 e. The smallest absolute Gasteiger partial charge is 0.240 e. The van der Waals surface area contributed by atoms with Crippen LogP contribution in [-0.2, 0) is 10.0 Å². The maximum Gasteiger partial charge on any atom is 0.240 e.